The van der Waals surface area contributed by atoms with E-state index in [1.54, 1.807) is 12.1 Å². The quantitative estimate of drug-likeness (QED) is 0.632. The molecular formula is C20H26N2O2. The van der Waals surface area contributed by atoms with Crippen LogP contribution >= 0.6 is 0 Å². The molecule has 0 aliphatic heterocycles. The lowest BCUT2D eigenvalue weighted by Gasteiger charge is -2.19. The number of rotatable bonds is 6. The highest BCUT2D eigenvalue weighted by Crippen LogP contribution is 2.25. The molecule has 0 saturated carbocycles. The molecule has 4 heteroatoms. The van der Waals surface area contributed by atoms with Gasteiger partial charge in [0.05, 0.1) is 13.0 Å². The van der Waals surface area contributed by atoms with Crippen LogP contribution in [0.3, 0.4) is 0 Å². The Balaban J connectivity index is 1.74. The molecule has 0 bridgehead atoms. The topological polar surface area (TPSA) is 64.3 Å². The Hall–Kier alpha value is -2.49. The number of hydrogen-bond acceptors (Lipinski definition) is 3. The van der Waals surface area contributed by atoms with Gasteiger partial charge in [-0.15, -0.1) is 0 Å². The highest BCUT2D eigenvalue weighted by atomic mass is 16.5. The number of nitrogens with one attached hydrogen (secondary N) is 1. The summed E-state index contributed by atoms with van der Waals surface area (Å²) in [5, 5.41) is 2.87. The van der Waals surface area contributed by atoms with Crippen LogP contribution in [0.25, 0.3) is 0 Å². The summed E-state index contributed by atoms with van der Waals surface area (Å²) < 4.78 is 5.73. The van der Waals surface area contributed by atoms with Crippen LogP contribution in [-0.4, -0.2) is 19.1 Å². The van der Waals surface area contributed by atoms with Crippen LogP contribution in [0.5, 0.6) is 5.75 Å². The molecule has 4 nitrogen and oxygen atoms in total. The van der Waals surface area contributed by atoms with Crippen LogP contribution in [-0.2, 0) is 16.6 Å². The Morgan fingerprint density at radius 3 is 2.50 bits per heavy atom. The maximum absolute atomic E-state index is 11.9. The van der Waals surface area contributed by atoms with Crippen LogP contribution in [0, 0.1) is 0 Å². The molecule has 2 aromatic rings. The molecule has 0 aromatic heterocycles. The van der Waals surface area contributed by atoms with Crippen molar-refractivity contribution in [3.63, 3.8) is 0 Å². The van der Waals surface area contributed by atoms with Crippen molar-refractivity contribution in [3.8, 4) is 5.75 Å². The average molecular weight is 326 g/mol. The normalized spacial score (nSPS) is 11.1. The zero-order valence-corrected chi connectivity index (χ0v) is 14.6. The van der Waals surface area contributed by atoms with E-state index in [0.29, 0.717) is 25.3 Å². The molecule has 0 heterocycles. The average Bonchev–Trinajstić information content (AvgIpc) is 2.53. The van der Waals surface area contributed by atoms with E-state index < -0.39 is 0 Å². The third-order valence-corrected chi connectivity index (χ3v) is 3.74. The zero-order chi connectivity index (χ0) is 17.6. The smallest absolute Gasteiger partial charge is 0.224 e. The van der Waals surface area contributed by atoms with Gasteiger partial charge in [0.25, 0.3) is 0 Å². The predicted molar refractivity (Wildman–Crippen MR) is 98.2 cm³/mol. The SMILES string of the molecule is CC(C)(C)c1cccc(OCCNC(=O)Cc2ccc(N)cc2)c1. The fourth-order valence-corrected chi connectivity index (χ4v) is 2.30. The van der Waals surface area contributed by atoms with Gasteiger partial charge in [0.1, 0.15) is 12.4 Å². The molecule has 0 aliphatic rings. The second-order valence-corrected chi connectivity index (χ2v) is 6.89. The minimum Gasteiger partial charge on any atom is -0.492 e. The number of benzene rings is 2. The molecule has 0 saturated heterocycles. The summed E-state index contributed by atoms with van der Waals surface area (Å²) in [6.07, 6.45) is 0.347. The summed E-state index contributed by atoms with van der Waals surface area (Å²) in [5.41, 5.74) is 8.59. The summed E-state index contributed by atoms with van der Waals surface area (Å²) in [6.45, 7) is 7.44. The van der Waals surface area contributed by atoms with E-state index in [1.807, 2.05) is 24.3 Å². The lowest BCUT2D eigenvalue weighted by Crippen LogP contribution is -2.29. The van der Waals surface area contributed by atoms with Crippen LogP contribution < -0.4 is 15.8 Å². The van der Waals surface area contributed by atoms with E-state index in [-0.39, 0.29) is 11.3 Å². The van der Waals surface area contributed by atoms with E-state index in [4.69, 9.17) is 10.5 Å². The standard InChI is InChI=1S/C20H26N2O2/c1-20(2,3)16-5-4-6-18(14-16)24-12-11-22-19(23)13-15-7-9-17(21)10-8-15/h4-10,14H,11-13,21H2,1-3H3,(H,22,23). The lowest BCUT2D eigenvalue weighted by molar-refractivity contribution is -0.120. The highest BCUT2D eigenvalue weighted by Gasteiger charge is 2.13. The van der Waals surface area contributed by atoms with Crippen molar-refractivity contribution in [2.45, 2.75) is 32.6 Å². The Labute approximate surface area is 144 Å². The van der Waals surface area contributed by atoms with Gasteiger partial charge in [-0.25, -0.2) is 0 Å². The van der Waals surface area contributed by atoms with Gasteiger partial charge in [-0.2, -0.15) is 0 Å². The summed E-state index contributed by atoms with van der Waals surface area (Å²) >= 11 is 0. The van der Waals surface area contributed by atoms with Gasteiger partial charge >= 0.3 is 0 Å². The molecule has 2 rings (SSSR count). The third kappa shape index (κ3) is 5.61. The Bertz CT molecular complexity index is 673. The van der Waals surface area contributed by atoms with E-state index in [9.17, 15) is 4.79 Å². The molecule has 1 amide bonds. The Morgan fingerprint density at radius 2 is 1.83 bits per heavy atom. The van der Waals surface area contributed by atoms with Crippen molar-refractivity contribution in [1.82, 2.24) is 5.32 Å². The van der Waals surface area contributed by atoms with Crippen molar-refractivity contribution < 1.29 is 9.53 Å². The number of amides is 1. The highest BCUT2D eigenvalue weighted by molar-refractivity contribution is 5.78. The first-order chi connectivity index (χ1) is 11.3. The second-order valence-electron chi connectivity index (χ2n) is 6.89. The number of ether oxygens (including phenoxy) is 1. The van der Waals surface area contributed by atoms with Gasteiger partial charge in [0, 0.05) is 5.69 Å². The van der Waals surface area contributed by atoms with Gasteiger partial charge in [-0.3, -0.25) is 4.79 Å². The third-order valence-electron chi connectivity index (χ3n) is 3.74. The van der Waals surface area contributed by atoms with E-state index in [1.165, 1.54) is 5.56 Å². The van der Waals surface area contributed by atoms with Gasteiger partial charge in [0.15, 0.2) is 0 Å². The maximum Gasteiger partial charge on any atom is 0.224 e. The van der Waals surface area contributed by atoms with Crippen molar-refractivity contribution in [1.29, 1.82) is 0 Å². The number of carbonyl (C=O) groups is 1. The first-order valence-electron chi connectivity index (χ1n) is 8.19. The Kier molecular flexibility index (Phi) is 5.85. The maximum atomic E-state index is 11.9. The van der Waals surface area contributed by atoms with Crippen LogP contribution in [0.15, 0.2) is 48.5 Å². The molecule has 24 heavy (non-hydrogen) atoms. The van der Waals surface area contributed by atoms with Crippen LogP contribution in [0.1, 0.15) is 31.9 Å². The summed E-state index contributed by atoms with van der Waals surface area (Å²) in [4.78, 5) is 11.9. The van der Waals surface area contributed by atoms with Crippen molar-refractivity contribution in [3.05, 3.63) is 59.7 Å². The van der Waals surface area contributed by atoms with Gasteiger partial charge in [-0.1, -0.05) is 45.0 Å². The van der Waals surface area contributed by atoms with Crippen molar-refractivity contribution in [2.24, 2.45) is 0 Å². The summed E-state index contributed by atoms with van der Waals surface area (Å²) in [5.74, 6) is 0.807. The van der Waals surface area contributed by atoms with Gasteiger partial charge in [0.2, 0.25) is 5.91 Å². The van der Waals surface area contributed by atoms with E-state index >= 15 is 0 Å². The first-order valence-corrected chi connectivity index (χ1v) is 8.19. The molecular weight excluding hydrogens is 300 g/mol. The predicted octanol–water partition coefficient (Wildman–Crippen LogP) is 3.30. The molecule has 2 aromatic carbocycles. The minimum atomic E-state index is -0.0215. The molecule has 3 N–H and O–H groups in total. The minimum absolute atomic E-state index is 0.0215. The van der Waals surface area contributed by atoms with Gasteiger partial charge < -0.3 is 15.8 Å². The van der Waals surface area contributed by atoms with E-state index in [0.717, 1.165) is 11.3 Å². The first kappa shape index (κ1) is 17.9. The Morgan fingerprint density at radius 1 is 1.12 bits per heavy atom. The molecule has 0 radical (unpaired) electrons. The molecule has 128 valence electrons. The van der Waals surface area contributed by atoms with Crippen LogP contribution in [0.4, 0.5) is 5.69 Å². The fourth-order valence-electron chi connectivity index (χ4n) is 2.30. The number of nitrogens with two attached hydrogens (primary N) is 1. The zero-order valence-electron chi connectivity index (χ0n) is 14.6. The molecule has 0 unspecified atom stereocenters. The number of hydrogen-bond donors (Lipinski definition) is 2. The van der Waals surface area contributed by atoms with Crippen molar-refractivity contribution in [2.75, 3.05) is 18.9 Å². The second kappa shape index (κ2) is 7.86. The van der Waals surface area contributed by atoms with Crippen LogP contribution in [0.2, 0.25) is 0 Å². The monoisotopic (exact) mass is 326 g/mol. The fraction of sp³-hybridized carbons (Fsp3) is 0.350. The number of nitrogen functional groups attached to an aromatic ring is 1. The summed E-state index contributed by atoms with van der Waals surface area (Å²) in [6, 6.07) is 15.4. The molecule has 0 atom stereocenters. The van der Waals surface area contributed by atoms with E-state index in [2.05, 4.69) is 38.2 Å². The molecule has 0 fully saturated rings. The largest absolute Gasteiger partial charge is 0.492 e. The lowest BCUT2D eigenvalue weighted by atomic mass is 9.87. The summed E-state index contributed by atoms with van der Waals surface area (Å²) in [7, 11) is 0. The van der Waals surface area contributed by atoms with Crippen molar-refractivity contribution >= 4 is 11.6 Å². The molecule has 0 aliphatic carbocycles. The molecule has 0 spiro atoms. The van der Waals surface area contributed by atoms with Gasteiger partial charge in [-0.05, 0) is 40.8 Å². The number of carbonyl (C=O) groups excluding carboxylic acids is 1. The number of anilines is 1.